The van der Waals surface area contributed by atoms with Gasteiger partial charge in [0, 0.05) is 18.2 Å². The Hall–Kier alpha value is -3.74. The van der Waals surface area contributed by atoms with E-state index in [2.05, 4.69) is 15.7 Å². The number of hydrogen-bond donors (Lipinski definition) is 2. The van der Waals surface area contributed by atoms with Crippen LogP contribution in [-0.2, 0) is 16.0 Å². The summed E-state index contributed by atoms with van der Waals surface area (Å²) in [6.45, 7) is 6.91. The molecule has 0 aliphatic rings. The van der Waals surface area contributed by atoms with E-state index >= 15 is 0 Å². The number of hydrogen-bond acceptors (Lipinski definition) is 4. The molecule has 0 saturated heterocycles. The first-order chi connectivity index (χ1) is 14.8. The monoisotopic (exact) mass is 418 g/mol. The Bertz CT molecular complexity index is 1170. The van der Waals surface area contributed by atoms with Crippen LogP contribution in [-0.4, -0.2) is 21.6 Å². The van der Waals surface area contributed by atoms with Crippen molar-refractivity contribution in [3.63, 3.8) is 0 Å². The van der Waals surface area contributed by atoms with Crippen LogP contribution in [0.5, 0.6) is 0 Å². The lowest BCUT2D eigenvalue weighted by atomic mass is 10.1. The summed E-state index contributed by atoms with van der Waals surface area (Å²) < 4.78 is 1.12. The zero-order chi connectivity index (χ0) is 22.5. The molecule has 7 heteroatoms. The highest BCUT2D eigenvalue weighted by Crippen LogP contribution is 2.21. The highest BCUT2D eigenvalue weighted by Gasteiger charge is 2.21. The van der Waals surface area contributed by atoms with Crippen LogP contribution >= 0.6 is 0 Å². The molecule has 7 nitrogen and oxygen atoms in total. The van der Waals surface area contributed by atoms with E-state index < -0.39 is 11.6 Å². The smallest absolute Gasteiger partial charge is 0.291 e. The number of aromatic nitrogens is 2. The van der Waals surface area contributed by atoms with Gasteiger partial charge in [-0.15, -0.1) is 0 Å². The summed E-state index contributed by atoms with van der Waals surface area (Å²) in [4.78, 5) is 37.6. The van der Waals surface area contributed by atoms with Gasteiger partial charge >= 0.3 is 0 Å². The second-order valence-electron chi connectivity index (χ2n) is 7.42. The molecule has 0 bridgehead atoms. The minimum Gasteiger partial charge on any atom is -0.324 e. The van der Waals surface area contributed by atoms with Gasteiger partial charge in [-0.2, -0.15) is 5.10 Å². The van der Waals surface area contributed by atoms with Crippen molar-refractivity contribution >= 4 is 23.2 Å². The summed E-state index contributed by atoms with van der Waals surface area (Å²) in [7, 11) is 0. The SMILES string of the molecule is CCc1ccccc1NC(=O)C(C)n1nc(-c2ccc(C)cc2)cc(NC(C)=O)c1=O. The molecule has 1 atom stereocenters. The molecule has 3 rings (SSSR count). The molecule has 31 heavy (non-hydrogen) atoms. The number of anilines is 2. The number of nitrogens with one attached hydrogen (secondary N) is 2. The van der Waals surface area contributed by atoms with Crippen LogP contribution in [0, 0.1) is 6.92 Å². The van der Waals surface area contributed by atoms with Gasteiger partial charge in [0.25, 0.3) is 5.56 Å². The fourth-order valence-corrected chi connectivity index (χ4v) is 3.22. The van der Waals surface area contributed by atoms with E-state index in [4.69, 9.17) is 0 Å². The van der Waals surface area contributed by atoms with E-state index in [9.17, 15) is 14.4 Å². The predicted octanol–water partition coefficient (Wildman–Crippen LogP) is 3.94. The third-order valence-corrected chi connectivity index (χ3v) is 5.00. The average molecular weight is 418 g/mol. The Morgan fingerprint density at radius 2 is 1.71 bits per heavy atom. The van der Waals surface area contributed by atoms with Gasteiger partial charge in [0.05, 0.1) is 5.69 Å². The van der Waals surface area contributed by atoms with Crippen molar-refractivity contribution in [3.05, 3.63) is 76.1 Å². The lowest BCUT2D eigenvalue weighted by Gasteiger charge is -2.18. The Labute approximate surface area is 181 Å². The van der Waals surface area contributed by atoms with E-state index in [1.165, 1.54) is 13.0 Å². The molecule has 0 saturated carbocycles. The van der Waals surface area contributed by atoms with Crippen LogP contribution in [0.4, 0.5) is 11.4 Å². The minimum atomic E-state index is -0.893. The summed E-state index contributed by atoms with van der Waals surface area (Å²) in [6, 6.07) is 15.8. The van der Waals surface area contributed by atoms with Gasteiger partial charge < -0.3 is 10.6 Å². The van der Waals surface area contributed by atoms with E-state index in [1.54, 1.807) is 6.92 Å². The van der Waals surface area contributed by atoms with Gasteiger partial charge in [-0.25, -0.2) is 4.68 Å². The van der Waals surface area contributed by atoms with Crippen LogP contribution in [0.3, 0.4) is 0 Å². The Kier molecular flexibility index (Phi) is 6.65. The number of para-hydroxylation sites is 1. The molecule has 0 radical (unpaired) electrons. The molecular weight excluding hydrogens is 392 g/mol. The largest absolute Gasteiger partial charge is 0.324 e. The summed E-state index contributed by atoms with van der Waals surface area (Å²) in [5.74, 6) is -0.746. The fourth-order valence-electron chi connectivity index (χ4n) is 3.22. The van der Waals surface area contributed by atoms with Gasteiger partial charge in [-0.1, -0.05) is 55.0 Å². The number of aryl methyl sites for hydroxylation is 2. The lowest BCUT2D eigenvalue weighted by Crippen LogP contribution is -2.35. The molecule has 1 heterocycles. The minimum absolute atomic E-state index is 0.0756. The van der Waals surface area contributed by atoms with Crippen molar-refractivity contribution < 1.29 is 9.59 Å². The van der Waals surface area contributed by atoms with Crippen LogP contribution in [0.25, 0.3) is 11.3 Å². The van der Waals surface area contributed by atoms with Crippen molar-refractivity contribution in [3.8, 4) is 11.3 Å². The Morgan fingerprint density at radius 1 is 1.03 bits per heavy atom. The van der Waals surface area contributed by atoms with Crippen molar-refractivity contribution in [2.45, 2.75) is 40.2 Å². The van der Waals surface area contributed by atoms with Gasteiger partial charge in [-0.05, 0) is 38.0 Å². The number of rotatable bonds is 6. The van der Waals surface area contributed by atoms with Crippen molar-refractivity contribution in [1.29, 1.82) is 0 Å². The van der Waals surface area contributed by atoms with Crippen LogP contribution in [0.1, 0.15) is 37.9 Å². The molecule has 2 aromatic carbocycles. The molecule has 1 aromatic heterocycles. The first-order valence-electron chi connectivity index (χ1n) is 10.2. The molecule has 0 fully saturated rings. The lowest BCUT2D eigenvalue weighted by molar-refractivity contribution is -0.119. The number of nitrogens with zero attached hydrogens (tertiary/aromatic N) is 2. The number of benzene rings is 2. The molecule has 160 valence electrons. The van der Waals surface area contributed by atoms with Crippen LogP contribution in [0.2, 0.25) is 0 Å². The highest BCUT2D eigenvalue weighted by molar-refractivity contribution is 5.94. The first kappa shape index (κ1) is 22.0. The molecule has 0 aliphatic heterocycles. The maximum absolute atomic E-state index is 13.0. The van der Waals surface area contributed by atoms with Crippen molar-refractivity contribution in [2.75, 3.05) is 10.6 Å². The predicted molar refractivity (Wildman–Crippen MR) is 122 cm³/mol. The van der Waals surface area contributed by atoms with Crippen LogP contribution < -0.4 is 16.2 Å². The third kappa shape index (κ3) is 5.06. The zero-order valence-corrected chi connectivity index (χ0v) is 18.1. The quantitative estimate of drug-likeness (QED) is 0.634. The first-order valence-corrected chi connectivity index (χ1v) is 10.2. The van der Waals surface area contributed by atoms with Crippen molar-refractivity contribution in [1.82, 2.24) is 9.78 Å². The molecular formula is C24H26N4O3. The number of carbonyl (C=O) groups is 2. The van der Waals surface area contributed by atoms with Gasteiger partial charge in [0.15, 0.2) is 0 Å². The molecule has 2 amide bonds. The van der Waals surface area contributed by atoms with Crippen molar-refractivity contribution in [2.24, 2.45) is 0 Å². The number of carbonyl (C=O) groups excluding carboxylic acids is 2. The topological polar surface area (TPSA) is 93.1 Å². The van der Waals surface area contributed by atoms with Gasteiger partial charge in [0.1, 0.15) is 11.7 Å². The van der Waals surface area contributed by atoms with E-state index in [1.807, 2.05) is 62.4 Å². The highest BCUT2D eigenvalue weighted by atomic mass is 16.2. The van der Waals surface area contributed by atoms with Gasteiger partial charge in [0.2, 0.25) is 11.8 Å². The molecule has 0 aliphatic carbocycles. The maximum atomic E-state index is 13.0. The molecule has 3 aromatic rings. The van der Waals surface area contributed by atoms with Gasteiger partial charge in [-0.3, -0.25) is 14.4 Å². The van der Waals surface area contributed by atoms with Crippen LogP contribution in [0.15, 0.2) is 59.4 Å². The summed E-state index contributed by atoms with van der Waals surface area (Å²) >= 11 is 0. The summed E-state index contributed by atoms with van der Waals surface area (Å²) in [5.41, 5.74) is 3.57. The average Bonchev–Trinajstić information content (AvgIpc) is 2.75. The zero-order valence-electron chi connectivity index (χ0n) is 18.1. The second kappa shape index (κ2) is 9.38. The standard InChI is InChI=1S/C24H26N4O3/c1-5-18-8-6-7-9-20(18)26-23(30)16(3)28-24(31)22(25-17(4)29)14-21(27-28)19-12-10-15(2)11-13-19/h6-14,16H,5H2,1-4H3,(H,25,29)(H,26,30). The van der Waals surface area contributed by atoms with E-state index in [-0.39, 0.29) is 17.5 Å². The Balaban J connectivity index is 2.02. The summed E-state index contributed by atoms with van der Waals surface area (Å²) in [5, 5.41) is 9.88. The summed E-state index contributed by atoms with van der Waals surface area (Å²) in [6.07, 6.45) is 0.763. The molecule has 0 spiro atoms. The third-order valence-electron chi connectivity index (χ3n) is 5.00. The van der Waals surface area contributed by atoms with E-state index in [0.29, 0.717) is 11.4 Å². The Morgan fingerprint density at radius 3 is 2.35 bits per heavy atom. The number of amides is 2. The van der Waals surface area contributed by atoms with E-state index in [0.717, 1.165) is 27.8 Å². The normalized spacial score (nSPS) is 11.6. The second-order valence-corrected chi connectivity index (χ2v) is 7.42. The maximum Gasteiger partial charge on any atom is 0.291 e. The molecule has 2 N–H and O–H groups in total. The fraction of sp³-hybridized carbons (Fsp3) is 0.250. The molecule has 1 unspecified atom stereocenters.